The first-order valence-corrected chi connectivity index (χ1v) is 6.84. The van der Waals surface area contributed by atoms with E-state index < -0.39 is 0 Å². The lowest BCUT2D eigenvalue weighted by molar-refractivity contribution is -0.386. The maximum absolute atomic E-state index is 11.1. The molecule has 4 saturated carbocycles. The van der Waals surface area contributed by atoms with Gasteiger partial charge in [0, 0.05) is 5.41 Å². The van der Waals surface area contributed by atoms with Crippen molar-refractivity contribution in [1.29, 1.82) is 0 Å². The van der Waals surface area contributed by atoms with Crippen LogP contribution in [0.1, 0.15) is 44.2 Å². The lowest BCUT2D eigenvalue weighted by Crippen LogP contribution is -2.48. The minimum absolute atomic E-state index is 0.0354. The van der Waals surface area contributed by atoms with E-state index in [0.29, 0.717) is 0 Å². The average Bonchev–Trinajstić information content (AvgIpc) is 2.76. The van der Waals surface area contributed by atoms with Gasteiger partial charge < -0.3 is 0 Å². The van der Waals surface area contributed by atoms with E-state index in [1.54, 1.807) is 0 Å². The Bertz CT molecular complexity index is 473. The summed E-state index contributed by atoms with van der Waals surface area (Å²) >= 11 is 0. The molecule has 1 N–H and O–H groups in total. The van der Waals surface area contributed by atoms with Crippen molar-refractivity contribution in [2.75, 3.05) is 0 Å². The number of nitro groups is 1. The molecule has 18 heavy (non-hydrogen) atoms. The highest BCUT2D eigenvalue weighted by Crippen LogP contribution is 2.61. The fourth-order valence-electron chi connectivity index (χ4n) is 5.23. The lowest BCUT2D eigenvalue weighted by atomic mass is 9.48. The third-order valence-electron chi connectivity index (χ3n) is 5.38. The molecule has 0 atom stereocenters. The molecule has 1 aromatic heterocycles. The van der Waals surface area contributed by atoms with Gasteiger partial charge in [-0.2, -0.15) is 5.10 Å². The largest absolute Gasteiger partial charge is 0.310 e. The van der Waals surface area contributed by atoms with Crippen LogP contribution in [-0.4, -0.2) is 15.1 Å². The Labute approximate surface area is 105 Å². The van der Waals surface area contributed by atoms with Crippen molar-refractivity contribution in [3.05, 3.63) is 22.0 Å². The smallest absolute Gasteiger partial charge is 0.275 e. The fourth-order valence-corrected chi connectivity index (χ4v) is 5.23. The predicted octanol–water partition coefficient (Wildman–Crippen LogP) is 2.79. The Kier molecular flexibility index (Phi) is 1.95. The third-order valence-corrected chi connectivity index (χ3v) is 5.38. The van der Waals surface area contributed by atoms with Crippen molar-refractivity contribution in [3.8, 4) is 0 Å². The molecular weight excluding hydrogens is 230 g/mol. The molecule has 1 aromatic rings. The molecule has 4 aliphatic carbocycles. The van der Waals surface area contributed by atoms with E-state index in [0.717, 1.165) is 42.7 Å². The normalized spacial score (nSPS) is 41.2. The second-order valence-corrected chi connectivity index (χ2v) is 6.59. The Morgan fingerprint density at radius 2 is 1.78 bits per heavy atom. The van der Waals surface area contributed by atoms with Gasteiger partial charge >= 0.3 is 5.69 Å². The zero-order valence-corrected chi connectivity index (χ0v) is 10.3. The number of rotatable bonds is 2. The molecule has 1 heterocycles. The van der Waals surface area contributed by atoms with Crippen LogP contribution in [0.25, 0.3) is 0 Å². The Balaban J connectivity index is 1.79. The van der Waals surface area contributed by atoms with Crippen LogP contribution in [0.2, 0.25) is 0 Å². The topological polar surface area (TPSA) is 71.8 Å². The van der Waals surface area contributed by atoms with E-state index in [1.165, 1.54) is 25.5 Å². The zero-order valence-electron chi connectivity index (χ0n) is 10.3. The van der Waals surface area contributed by atoms with Gasteiger partial charge in [0.15, 0.2) is 0 Å². The summed E-state index contributed by atoms with van der Waals surface area (Å²) in [4.78, 5) is 10.8. The van der Waals surface area contributed by atoms with Gasteiger partial charge in [0.1, 0.15) is 11.9 Å². The molecule has 4 aliphatic rings. The first kappa shape index (κ1) is 10.5. The SMILES string of the molecule is O=[N+]([O-])c1cn[nH]c1C12CC3CC(CC(C3)C1)C2. The summed E-state index contributed by atoms with van der Waals surface area (Å²) in [5, 5.41) is 18.0. The van der Waals surface area contributed by atoms with Gasteiger partial charge in [0.25, 0.3) is 0 Å². The highest BCUT2D eigenvalue weighted by Gasteiger charge is 2.54. The maximum atomic E-state index is 11.1. The van der Waals surface area contributed by atoms with Crippen molar-refractivity contribution < 1.29 is 4.92 Å². The van der Waals surface area contributed by atoms with Gasteiger partial charge in [-0.05, 0) is 56.3 Å². The molecule has 5 rings (SSSR count). The minimum Gasteiger partial charge on any atom is -0.275 e. The van der Waals surface area contributed by atoms with Crippen molar-refractivity contribution in [1.82, 2.24) is 10.2 Å². The van der Waals surface area contributed by atoms with E-state index in [2.05, 4.69) is 10.2 Å². The van der Waals surface area contributed by atoms with Gasteiger partial charge in [-0.15, -0.1) is 0 Å². The third kappa shape index (κ3) is 1.30. The summed E-state index contributed by atoms with van der Waals surface area (Å²) in [5.41, 5.74) is 1.05. The summed E-state index contributed by atoms with van der Waals surface area (Å²) in [5.74, 6) is 2.37. The Morgan fingerprint density at radius 1 is 1.22 bits per heavy atom. The number of hydrogen-bond acceptors (Lipinski definition) is 3. The standard InChI is InChI=1S/C13H17N3O2/c17-16(18)11-7-14-15-12(11)13-4-8-1-9(5-13)3-10(2-8)6-13/h7-10H,1-6H2,(H,14,15). The van der Waals surface area contributed by atoms with Crippen LogP contribution in [0, 0.1) is 27.9 Å². The molecule has 0 aromatic carbocycles. The molecule has 0 radical (unpaired) electrons. The van der Waals surface area contributed by atoms with Crippen LogP contribution < -0.4 is 0 Å². The van der Waals surface area contributed by atoms with Crippen LogP contribution in [0.15, 0.2) is 6.20 Å². The second-order valence-electron chi connectivity index (χ2n) is 6.59. The van der Waals surface area contributed by atoms with Gasteiger partial charge in [-0.3, -0.25) is 15.2 Å². The molecule has 0 aliphatic heterocycles. The number of H-pyrrole nitrogens is 1. The number of hydrogen-bond donors (Lipinski definition) is 1. The van der Waals surface area contributed by atoms with Crippen molar-refractivity contribution in [2.45, 2.75) is 43.9 Å². The molecule has 0 saturated heterocycles. The quantitative estimate of drug-likeness (QED) is 0.645. The van der Waals surface area contributed by atoms with E-state index in [-0.39, 0.29) is 16.0 Å². The van der Waals surface area contributed by atoms with Crippen LogP contribution >= 0.6 is 0 Å². The van der Waals surface area contributed by atoms with Crippen molar-refractivity contribution in [2.24, 2.45) is 17.8 Å². The van der Waals surface area contributed by atoms with Gasteiger partial charge in [0.05, 0.1) is 4.92 Å². The predicted molar refractivity (Wildman–Crippen MR) is 65.1 cm³/mol. The molecule has 5 heteroatoms. The van der Waals surface area contributed by atoms with Crippen LogP contribution in [0.5, 0.6) is 0 Å². The molecule has 96 valence electrons. The minimum atomic E-state index is -0.280. The molecule has 0 unspecified atom stereocenters. The van der Waals surface area contributed by atoms with E-state index >= 15 is 0 Å². The maximum Gasteiger partial charge on any atom is 0.310 e. The monoisotopic (exact) mass is 247 g/mol. The second kappa shape index (κ2) is 3.33. The Morgan fingerprint density at radius 3 is 2.28 bits per heavy atom. The molecule has 0 spiro atoms. The van der Waals surface area contributed by atoms with E-state index in [1.807, 2.05) is 0 Å². The van der Waals surface area contributed by atoms with Crippen molar-refractivity contribution >= 4 is 5.69 Å². The first-order chi connectivity index (χ1) is 8.66. The highest BCUT2D eigenvalue weighted by molar-refractivity contribution is 5.40. The summed E-state index contributed by atoms with van der Waals surface area (Å²) in [6.07, 6.45) is 8.81. The fraction of sp³-hybridized carbons (Fsp3) is 0.769. The highest BCUT2D eigenvalue weighted by atomic mass is 16.6. The molecule has 4 fully saturated rings. The molecule has 0 amide bonds. The first-order valence-electron chi connectivity index (χ1n) is 6.84. The van der Waals surface area contributed by atoms with Crippen LogP contribution in [-0.2, 0) is 5.41 Å². The lowest BCUT2D eigenvalue weighted by Gasteiger charge is -2.56. The molecular formula is C13H17N3O2. The summed E-state index contributed by atoms with van der Waals surface area (Å²) in [6.45, 7) is 0. The van der Waals surface area contributed by atoms with Gasteiger partial charge in [0.2, 0.25) is 0 Å². The summed E-state index contributed by atoms with van der Waals surface area (Å²) in [6, 6.07) is 0. The van der Waals surface area contributed by atoms with E-state index in [4.69, 9.17) is 0 Å². The number of nitrogens with one attached hydrogen (secondary N) is 1. The average molecular weight is 247 g/mol. The molecule has 5 nitrogen and oxygen atoms in total. The van der Waals surface area contributed by atoms with Gasteiger partial charge in [-0.25, -0.2) is 0 Å². The number of aromatic nitrogens is 2. The summed E-state index contributed by atoms with van der Waals surface area (Å²) < 4.78 is 0. The van der Waals surface area contributed by atoms with Crippen LogP contribution in [0.3, 0.4) is 0 Å². The zero-order chi connectivity index (χ0) is 12.3. The van der Waals surface area contributed by atoms with Crippen LogP contribution in [0.4, 0.5) is 5.69 Å². The van der Waals surface area contributed by atoms with Crippen molar-refractivity contribution in [3.63, 3.8) is 0 Å². The molecule has 4 bridgehead atoms. The number of nitrogens with zero attached hydrogens (tertiary/aromatic N) is 2. The summed E-state index contributed by atoms with van der Waals surface area (Å²) in [7, 11) is 0. The number of aromatic amines is 1. The van der Waals surface area contributed by atoms with E-state index in [9.17, 15) is 10.1 Å². The Hall–Kier alpha value is -1.39. The van der Waals surface area contributed by atoms with Gasteiger partial charge in [-0.1, -0.05) is 0 Å².